The average molecular weight is 310 g/mol. The minimum Gasteiger partial charge on any atom is -0.422 e. The first-order valence-corrected chi connectivity index (χ1v) is 7.61. The smallest absolute Gasteiger partial charge is 0.353 e. The zero-order chi connectivity index (χ0) is 15.5. The average Bonchev–Trinajstić information content (AvgIpc) is 2.96. The summed E-state index contributed by atoms with van der Waals surface area (Å²) >= 11 is 1.42. The molecule has 0 aliphatic carbocycles. The molecule has 0 amide bonds. The summed E-state index contributed by atoms with van der Waals surface area (Å²) < 4.78 is 5.35. The van der Waals surface area contributed by atoms with Crippen molar-refractivity contribution in [2.24, 2.45) is 0 Å². The molecule has 2 heterocycles. The van der Waals surface area contributed by atoms with Crippen molar-refractivity contribution in [1.82, 2.24) is 9.97 Å². The molecule has 2 aromatic heterocycles. The summed E-state index contributed by atoms with van der Waals surface area (Å²) in [6, 6.07) is 10.9. The maximum atomic E-state index is 12.0. The summed E-state index contributed by atoms with van der Waals surface area (Å²) in [6.07, 6.45) is 3.55. The summed E-state index contributed by atoms with van der Waals surface area (Å²) in [5.74, 6) is 0.821. The molecule has 0 aliphatic rings. The highest BCUT2D eigenvalue weighted by Crippen LogP contribution is 2.22. The third-order valence-corrected chi connectivity index (χ3v) is 4.03. The minimum absolute atomic E-state index is 0.336. The van der Waals surface area contributed by atoms with E-state index >= 15 is 0 Å². The van der Waals surface area contributed by atoms with Crippen LogP contribution < -0.4 is 4.74 Å². The highest BCUT2D eigenvalue weighted by molar-refractivity contribution is 7.13. The first kappa shape index (κ1) is 14.4. The molecule has 0 bridgehead atoms. The van der Waals surface area contributed by atoms with Crippen LogP contribution in [0.3, 0.4) is 0 Å². The van der Waals surface area contributed by atoms with E-state index in [0.717, 1.165) is 16.0 Å². The van der Waals surface area contributed by atoms with Crippen LogP contribution in [0.1, 0.15) is 20.1 Å². The standard InChI is InChI=1S/C17H14N2O2S/c1-11-9-18-16(19-10-11)13-4-6-14(7-5-13)21-17(20)15-8-3-12(2)22-15/h3-10H,1-2H3. The minimum atomic E-state index is -0.336. The molecule has 0 fully saturated rings. The number of nitrogens with zero attached hydrogens (tertiary/aromatic N) is 2. The number of rotatable bonds is 3. The Kier molecular flexibility index (Phi) is 3.98. The van der Waals surface area contributed by atoms with Crippen molar-refractivity contribution in [3.05, 3.63) is 64.1 Å². The number of carbonyl (C=O) groups excluding carboxylic acids is 1. The van der Waals surface area contributed by atoms with Gasteiger partial charge >= 0.3 is 5.97 Å². The van der Waals surface area contributed by atoms with Gasteiger partial charge < -0.3 is 4.74 Å². The van der Waals surface area contributed by atoms with Crippen LogP contribution in [-0.2, 0) is 0 Å². The van der Waals surface area contributed by atoms with Gasteiger partial charge in [-0.2, -0.15) is 0 Å². The van der Waals surface area contributed by atoms with E-state index in [-0.39, 0.29) is 5.97 Å². The van der Waals surface area contributed by atoms with Crippen molar-refractivity contribution >= 4 is 17.3 Å². The van der Waals surface area contributed by atoms with Crippen molar-refractivity contribution in [3.63, 3.8) is 0 Å². The van der Waals surface area contributed by atoms with Gasteiger partial charge in [0.1, 0.15) is 10.6 Å². The Labute approximate surface area is 132 Å². The van der Waals surface area contributed by atoms with E-state index in [1.807, 2.05) is 32.0 Å². The van der Waals surface area contributed by atoms with Gasteiger partial charge in [0.15, 0.2) is 5.82 Å². The van der Waals surface area contributed by atoms with Gasteiger partial charge in [-0.05, 0) is 55.8 Å². The van der Waals surface area contributed by atoms with Crippen LogP contribution >= 0.6 is 11.3 Å². The molecule has 0 radical (unpaired) electrons. The van der Waals surface area contributed by atoms with Crippen LogP contribution in [0.15, 0.2) is 48.8 Å². The summed E-state index contributed by atoms with van der Waals surface area (Å²) in [4.78, 5) is 22.2. The predicted octanol–water partition coefficient (Wildman–Crippen LogP) is 4.04. The summed E-state index contributed by atoms with van der Waals surface area (Å²) in [7, 11) is 0. The van der Waals surface area contributed by atoms with Crippen molar-refractivity contribution < 1.29 is 9.53 Å². The Balaban J connectivity index is 1.74. The SMILES string of the molecule is Cc1cnc(-c2ccc(OC(=O)c3ccc(C)s3)cc2)nc1. The number of thiophene rings is 1. The molecule has 5 heteroatoms. The number of hydrogen-bond acceptors (Lipinski definition) is 5. The summed E-state index contributed by atoms with van der Waals surface area (Å²) in [6.45, 7) is 3.90. The Bertz CT molecular complexity index is 792. The molecule has 0 unspecified atom stereocenters. The van der Waals surface area contributed by atoms with Gasteiger partial charge in [-0.3, -0.25) is 0 Å². The van der Waals surface area contributed by atoms with Crippen LogP contribution in [0.25, 0.3) is 11.4 Å². The lowest BCUT2D eigenvalue weighted by atomic mass is 10.2. The van der Waals surface area contributed by atoms with E-state index in [1.54, 1.807) is 30.6 Å². The lowest BCUT2D eigenvalue weighted by Gasteiger charge is -2.04. The monoisotopic (exact) mass is 310 g/mol. The van der Waals surface area contributed by atoms with Gasteiger partial charge in [0.05, 0.1) is 0 Å². The van der Waals surface area contributed by atoms with Crippen LogP contribution in [0.5, 0.6) is 5.75 Å². The van der Waals surface area contributed by atoms with E-state index in [4.69, 9.17) is 4.74 Å². The van der Waals surface area contributed by atoms with Gasteiger partial charge in [-0.15, -0.1) is 11.3 Å². The first-order valence-electron chi connectivity index (χ1n) is 6.79. The number of esters is 1. The molecule has 22 heavy (non-hydrogen) atoms. The fourth-order valence-corrected chi connectivity index (χ4v) is 2.66. The Morgan fingerprint density at radius 1 is 1.00 bits per heavy atom. The normalized spacial score (nSPS) is 10.5. The van der Waals surface area contributed by atoms with Gasteiger partial charge in [-0.1, -0.05) is 0 Å². The molecule has 0 saturated carbocycles. The Morgan fingerprint density at radius 2 is 1.68 bits per heavy atom. The largest absolute Gasteiger partial charge is 0.422 e. The number of hydrogen-bond donors (Lipinski definition) is 0. The van der Waals surface area contributed by atoms with Crippen LogP contribution in [-0.4, -0.2) is 15.9 Å². The highest BCUT2D eigenvalue weighted by Gasteiger charge is 2.11. The first-order chi connectivity index (χ1) is 10.6. The molecule has 3 aromatic rings. The third kappa shape index (κ3) is 3.20. The van der Waals surface area contributed by atoms with Gasteiger partial charge in [0.2, 0.25) is 0 Å². The fourth-order valence-electron chi connectivity index (χ4n) is 1.92. The maximum absolute atomic E-state index is 12.0. The third-order valence-electron chi connectivity index (χ3n) is 3.05. The van der Waals surface area contributed by atoms with E-state index in [9.17, 15) is 4.79 Å². The molecular weight excluding hydrogens is 296 g/mol. The summed E-state index contributed by atoms with van der Waals surface area (Å²) in [5.41, 5.74) is 1.90. The topological polar surface area (TPSA) is 52.1 Å². The molecular formula is C17H14N2O2S. The lowest BCUT2D eigenvalue weighted by Crippen LogP contribution is -2.06. The zero-order valence-electron chi connectivity index (χ0n) is 12.2. The van der Waals surface area contributed by atoms with E-state index < -0.39 is 0 Å². The van der Waals surface area contributed by atoms with Gasteiger partial charge in [0, 0.05) is 22.8 Å². The number of carbonyl (C=O) groups is 1. The molecule has 4 nitrogen and oxygen atoms in total. The highest BCUT2D eigenvalue weighted by atomic mass is 32.1. The number of benzene rings is 1. The quantitative estimate of drug-likeness (QED) is 0.541. The van der Waals surface area contributed by atoms with E-state index in [1.165, 1.54) is 11.3 Å². The summed E-state index contributed by atoms with van der Waals surface area (Å²) in [5, 5.41) is 0. The van der Waals surface area contributed by atoms with Crippen molar-refractivity contribution in [3.8, 4) is 17.1 Å². The molecule has 1 aromatic carbocycles. The number of ether oxygens (including phenoxy) is 1. The Hall–Kier alpha value is -2.53. The van der Waals surface area contributed by atoms with Crippen LogP contribution in [0, 0.1) is 13.8 Å². The van der Waals surface area contributed by atoms with Crippen molar-refractivity contribution in [2.45, 2.75) is 13.8 Å². The Morgan fingerprint density at radius 3 is 2.27 bits per heavy atom. The van der Waals surface area contributed by atoms with Crippen molar-refractivity contribution in [2.75, 3.05) is 0 Å². The van der Waals surface area contributed by atoms with Crippen LogP contribution in [0.2, 0.25) is 0 Å². The lowest BCUT2D eigenvalue weighted by molar-refractivity contribution is 0.0740. The molecule has 0 spiro atoms. The molecule has 0 atom stereocenters. The molecule has 3 rings (SSSR count). The number of aryl methyl sites for hydroxylation is 2. The second-order valence-corrected chi connectivity index (χ2v) is 6.20. The predicted molar refractivity (Wildman–Crippen MR) is 86.2 cm³/mol. The second-order valence-electron chi connectivity index (χ2n) is 4.91. The fraction of sp³-hybridized carbons (Fsp3) is 0.118. The van der Waals surface area contributed by atoms with E-state index in [0.29, 0.717) is 16.5 Å². The molecule has 110 valence electrons. The zero-order valence-corrected chi connectivity index (χ0v) is 13.1. The maximum Gasteiger partial charge on any atom is 0.353 e. The van der Waals surface area contributed by atoms with Gasteiger partial charge in [-0.25, -0.2) is 14.8 Å². The molecule has 0 N–H and O–H groups in total. The van der Waals surface area contributed by atoms with Crippen molar-refractivity contribution in [1.29, 1.82) is 0 Å². The van der Waals surface area contributed by atoms with Crippen LogP contribution in [0.4, 0.5) is 0 Å². The van der Waals surface area contributed by atoms with Gasteiger partial charge in [0.25, 0.3) is 0 Å². The molecule has 0 aliphatic heterocycles. The van der Waals surface area contributed by atoms with E-state index in [2.05, 4.69) is 9.97 Å². The second kappa shape index (κ2) is 6.07. The number of aromatic nitrogens is 2. The molecule has 0 saturated heterocycles.